The highest BCUT2D eigenvalue weighted by Gasteiger charge is 2.27. The van der Waals surface area contributed by atoms with Crippen LogP contribution in [-0.2, 0) is 6.42 Å². The van der Waals surface area contributed by atoms with Gasteiger partial charge in [-0.3, -0.25) is 10.1 Å². The quantitative estimate of drug-likeness (QED) is 0.657. The summed E-state index contributed by atoms with van der Waals surface area (Å²) < 4.78 is 0. The van der Waals surface area contributed by atoms with Gasteiger partial charge in [-0.25, -0.2) is 0 Å². The molecule has 0 saturated carbocycles. The molecular weight excluding hydrogens is 278 g/mol. The van der Waals surface area contributed by atoms with Gasteiger partial charge in [-0.2, -0.15) is 0 Å². The molecule has 0 heterocycles. The Balaban J connectivity index is 1.57. The number of hydrogen-bond donors (Lipinski definition) is 2. The Hall–Kier alpha value is -2.24. The number of rotatable bonds is 5. The lowest BCUT2D eigenvalue weighted by atomic mass is 10.1. The number of nitrogens with zero attached hydrogens (tertiary/aromatic N) is 1. The minimum atomic E-state index is -0.376. The van der Waals surface area contributed by atoms with Crippen molar-refractivity contribution in [3.63, 3.8) is 0 Å². The summed E-state index contributed by atoms with van der Waals surface area (Å²) >= 11 is 0. The van der Waals surface area contributed by atoms with Gasteiger partial charge >= 0.3 is 0 Å². The Morgan fingerprint density at radius 2 is 1.82 bits per heavy atom. The molecule has 3 N–H and O–H groups in total. The molecule has 114 valence electrons. The van der Waals surface area contributed by atoms with Crippen LogP contribution in [0.25, 0.3) is 0 Å². The van der Waals surface area contributed by atoms with E-state index in [2.05, 4.69) is 17.4 Å². The van der Waals surface area contributed by atoms with Crippen molar-refractivity contribution < 1.29 is 4.92 Å². The Labute approximate surface area is 129 Å². The molecule has 0 radical (unpaired) electrons. The van der Waals surface area contributed by atoms with E-state index >= 15 is 0 Å². The van der Waals surface area contributed by atoms with Crippen molar-refractivity contribution in [1.29, 1.82) is 0 Å². The molecule has 5 heteroatoms. The van der Waals surface area contributed by atoms with Gasteiger partial charge in [0.1, 0.15) is 0 Å². The van der Waals surface area contributed by atoms with E-state index in [-0.39, 0.29) is 16.7 Å². The fourth-order valence-electron chi connectivity index (χ4n) is 3.04. The van der Waals surface area contributed by atoms with Crippen molar-refractivity contribution in [2.75, 3.05) is 6.54 Å². The molecule has 22 heavy (non-hydrogen) atoms. The van der Waals surface area contributed by atoms with Crippen molar-refractivity contribution >= 4 is 5.69 Å². The lowest BCUT2D eigenvalue weighted by Gasteiger charge is -2.14. The molecule has 2 aromatic rings. The second-order valence-corrected chi connectivity index (χ2v) is 5.65. The highest BCUT2D eigenvalue weighted by atomic mass is 16.6. The molecule has 2 atom stereocenters. The average molecular weight is 297 g/mol. The molecule has 0 aromatic heterocycles. The number of nitro benzene ring substituents is 1. The topological polar surface area (TPSA) is 81.2 Å². The van der Waals surface area contributed by atoms with Crippen molar-refractivity contribution in [3.05, 3.63) is 75.3 Å². The van der Waals surface area contributed by atoms with Crippen LogP contribution < -0.4 is 11.1 Å². The highest BCUT2D eigenvalue weighted by Crippen LogP contribution is 2.36. The minimum absolute atomic E-state index is 0.105. The van der Waals surface area contributed by atoms with E-state index in [9.17, 15) is 10.1 Å². The van der Waals surface area contributed by atoms with E-state index in [4.69, 9.17) is 5.73 Å². The molecule has 0 fully saturated rings. The maximum Gasteiger partial charge on any atom is 0.269 e. The molecule has 0 bridgehead atoms. The van der Waals surface area contributed by atoms with Crippen LogP contribution in [0.2, 0.25) is 0 Å². The molecular formula is C17H19N3O2. The Morgan fingerprint density at radius 3 is 2.50 bits per heavy atom. The fraction of sp³-hybridized carbons (Fsp3) is 0.294. The maximum absolute atomic E-state index is 10.6. The van der Waals surface area contributed by atoms with Crippen LogP contribution in [0.1, 0.15) is 35.2 Å². The number of non-ortho nitro benzene ring substituents is 1. The van der Waals surface area contributed by atoms with Crippen LogP contribution in [-0.4, -0.2) is 11.5 Å². The van der Waals surface area contributed by atoms with Crippen LogP contribution in [0.15, 0.2) is 48.5 Å². The van der Waals surface area contributed by atoms with Crippen molar-refractivity contribution in [2.45, 2.75) is 24.9 Å². The summed E-state index contributed by atoms with van der Waals surface area (Å²) in [7, 11) is 0. The summed E-state index contributed by atoms with van der Waals surface area (Å²) in [6, 6.07) is 15.4. The predicted octanol–water partition coefficient (Wildman–Crippen LogP) is 2.87. The fourth-order valence-corrected chi connectivity index (χ4v) is 3.04. The van der Waals surface area contributed by atoms with E-state index < -0.39 is 0 Å². The van der Waals surface area contributed by atoms with Crippen LogP contribution >= 0.6 is 0 Å². The van der Waals surface area contributed by atoms with Gasteiger partial charge in [0.2, 0.25) is 0 Å². The van der Waals surface area contributed by atoms with Crippen molar-refractivity contribution in [1.82, 2.24) is 5.32 Å². The summed E-state index contributed by atoms with van der Waals surface area (Å²) in [4.78, 5) is 10.3. The zero-order valence-corrected chi connectivity index (χ0v) is 12.2. The minimum Gasteiger partial charge on any atom is -0.324 e. The van der Waals surface area contributed by atoms with E-state index in [0.29, 0.717) is 6.04 Å². The van der Waals surface area contributed by atoms with Gasteiger partial charge in [-0.05, 0) is 36.1 Å². The summed E-state index contributed by atoms with van der Waals surface area (Å²) in [5, 5.41) is 14.2. The van der Waals surface area contributed by atoms with Gasteiger partial charge < -0.3 is 11.1 Å². The molecule has 0 amide bonds. The normalized spacial score (nSPS) is 19.9. The van der Waals surface area contributed by atoms with E-state index in [1.807, 2.05) is 24.3 Å². The first kappa shape index (κ1) is 14.7. The largest absolute Gasteiger partial charge is 0.324 e. The lowest BCUT2D eigenvalue weighted by molar-refractivity contribution is -0.384. The van der Waals surface area contributed by atoms with Crippen LogP contribution in [0, 0.1) is 10.1 Å². The number of nitrogens with two attached hydrogens (primary N) is 1. The van der Waals surface area contributed by atoms with E-state index in [0.717, 1.165) is 24.9 Å². The zero-order valence-electron chi connectivity index (χ0n) is 12.2. The van der Waals surface area contributed by atoms with Gasteiger partial charge in [0.25, 0.3) is 5.69 Å². The molecule has 0 aliphatic heterocycles. The number of nitrogens with one attached hydrogen (secondary N) is 1. The molecule has 3 rings (SSSR count). The third-order valence-corrected chi connectivity index (χ3v) is 4.21. The smallest absolute Gasteiger partial charge is 0.269 e. The van der Waals surface area contributed by atoms with Gasteiger partial charge in [0.05, 0.1) is 4.92 Å². The summed E-state index contributed by atoms with van der Waals surface area (Å²) in [6.45, 7) is 0.823. The molecule has 0 spiro atoms. The average Bonchev–Trinajstić information content (AvgIpc) is 2.85. The molecule has 2 aromatic carbocycles. The molecule has 2 unspecified atom stereocenters. The lowest BCUT2D eigenvalue weighted by Crippen LogP contribution is -2.22. The molecule has 0 saturated heterocycles. The van der Waals surface area contributed by atoms with E-state index in [1.54, 1.807) is 12.1 Å². The van der Waals surface area contributed by atoms with Gasteiger partial charge in [-0.15, -0.1) is 0 Å². The summed E-state index contributed by atoms with van der Waals surface area (Å²) in [5.74, 6) is 0. The number of hydrogen-bond acceptors (Lipinski definition) is 4. The zero-order chi connectivity index (χ0) is 15.5. The second-order valence-electron chi connectivity index (χ2n) is 5.65. The molecule has 1 aliphatic carbocycles. The van der Waals surface area contributed by atoms with Gasteiger partial charge in [0.15, 0.2) is 0 Å². The monoisotopic (exact) mass is 297 g/mol. The standard InChI is InChI=1S/C17H19N3O2/c18-16-11-17(15-4-2-1-3-14(15)16)19-10-9-12-5-7-13(8-6-12)20(21)22/h1-8,16-17,19H,9-11,18H2. The Bertz CT molecular complexity index is 670. The third-order valence-electron chi connectivity index (χ3n) is 4.21. The van der Waals surface area contributed by atoms with Gasteiger partial charge in [0, 0.05) is 24.2 Å². The molecule has 1 aliphatic rings. The number of fused-ring (bicyclic) bond motifs is 1. The maximum atomic E-state index is 10.6. The molecule has 5 nitrogen and oxygen atoms in total. The predicted molar refractivity (Wildman–Crippen MR) is 85.5 cm³/mol. The SMILES string of the molecule is NC1CC(NCCc2ccc([N+](=O)[O-])cc2)c2ccccc21. The Morgan fingerprint density at radius 1 is 1.14 bits per heavy atom. The van der Waals surface area contributed by atoms with Crippen LogP contribution in [0.3, 0.4) is 0 Å². The van der Waals surface area contributed by atoms with Crippen molar-refractivity contribution in [2.24, 2.45) is 5.73 Å². The third kappa shape index (κ3) is 3.00. The van der Waals surface area contributed by atoms with E-state index in [1.165, 1.54) is 11.1 Å². The first-order valence-corrected chi connectivity index (χ1v) is 7.46. The van der Waals surface area contributed by atoms with Crippen molar-refractivity contribution in [3.8, 4) is 0 Å². The van der Waals surface area contributed by atoms with Gasteiger partial charge in [-0.1, -0.05) is 36.4 Å². The van der Waals surface area contributed by atoms with Crippen LogP contribution in [0.4, 0.5) is 5.69 Å². The highest BCUT2D eigenvalue weighted by molar-refractivity contribution is 5.37. The summed E-state index contributed by atoms with van der Waals surface area (Å²) in [5.41, 5.74) is 9.91. The summed E-state index contributed by atoms with van der Waals surface area (Å²) in [6.07, 6.45) is 1.76. The number of nitro groups is 1. The van der Waals surface area contributed by atoms with Crippen LogP contribution in [0.5, 0.6) is 0 Å². The Kier molecular flexibility index (Phi) is 4.18. The number of benzene rings is 2. The first-order chi connectivity index (χ1) is 10.6. The second kappa shape index (κ2) is 6.25. The first-order valence-electron chi connectivity index (χ1n) is 7.46.